The average molecular weight is 132 g/mol. The monoisotopic (exact) mass is 132 g/mol. The fraction of sp³-hybridized carbons (Fsp3) is 0.833. The third-order valence-electron chi connectivity index (χ3n) is 1.07. The minimum Gasteiger partial charge on any atom is -0.396 e. The first kappa shape index (κ1) is 8.59. The van der Waals surface area contributed by atoms with Crippen LogP contribution in [0.3, 0.4) is 0 Å². The van der Waals surface area contributed by atoms with Crippen LogP contribution in [0.5, 0.6) is 0 Å². The molecule has 0 saturated heterocycles. The number of hydrogen-bond acceptors (Lipinski definition) is 3. The molecule has 0 aliphatic rings. The Kier molecular flexibility index (Phi) is 5.46. The van der Waals surface area contributed by atoms with Gasteiger partial charge in [0, 0.05) is 6.61 Å². The van der Waals surface area contributed by atoms with Gasteiger partial charge >= 0.3 is 0 Å². The van der Waals surface area contributed by atoms with Crippen molar-refractivity contribution >= 4 is 6.29 Å². The maximum Gasteiger partial charge on any atom is 0.148 e. The molecular formula is C6H12O3. The minimum atomic E-state index is -0.837. The Bertz CT molecular complexity index is 72.7. The molecule has 0 spiro atoms. The third-order valence-corrected chi connectivity index (χ3v) is 1.07. The van der Waals surface area contributed by atoms with E-state index >= 15 is 0 Å². The zero-order valence-corrected chi connectivity index (χ0v) is 5.29. The SMILES string of the molecule is O=CC(O)CCCCO. The molecule has 3 nitrogen and oxygen atoms in total. The highest BCUT2D eigenvalue weighted by Gasteiger charge is 1.98. The normalized spacial score (nSPS) is 13.1. The first-order valence-corrected chi connectivity index (χ1v) is 3.05. The summed E-state index contributed by atoms with van der Waals surface area (Å²) in [6.07, 6.45) is 1.50. The van der Waals surface area contributed by atoms with Crippen LogP contribution in [0.1, 0.15) is 19.3 Å². The van der Waals surface area contributed by atoms with E-state index in [1.54, 1.807) is 0 Å². The van der Waals surface area contributed by atoms with Crippen molar-refractivity contribution in [3.63, 3.8) is 0 Å². The highest BCUT2D eigenvalue weighted by Crippen LogP contribution is 1.96. The number of aliphatic hydroxyl groups is 2. The molecule has 54 valence electrons. The predicted octanol–water partition coefficient (Wildman–Crippen LogP) is -0.291. The molecule has 0 heterocycles. The summed E-state index contributed by atoms with van der Waals surface area (Å²) in [5, 5.41) is 16.9. The molecule has 0 fully saturated rings. The van der Waals surface area contributed by atoms with E-state index in [1.165, 1.54) is 0 Å². The summed E-state index contributed by atoms with van der Waals surface area (Å²) >= 11 is 0. The van der Waals surface area contributed by atoms with Crippen LogP contribution in [-0.2, 0) is 4.79 Å². The van der Waals surface area contributed by atoms with Gasteiger partial charge < -0.3 is 15.0 Å². The molecule has 0 aliphatic carbocycles. The first-order valence-electron chi connectivity index (χ1n) is 3.05. The zero-order valence-electron chi connectivity index (χ0n) is 5.29. The highest BCUT2D eigenvalue weighted by molar-refractivity contribution is 5.55. The molecule has 0 rings (SSSR count). The van der Waals surface area contributed by atoms with E-state index in [0.717, 1.165) is 0 Å². The van der Waals surface area contributed by atoms with E-state index in [-0.39, 0.29) is 6.61 Å². The van der Waals surface area contributed by atoms with Crippen LogP contribution < -0.4 is 0 Å². The second-order valence-corrected chi connectivity index (χ2v) is 1.92. The van der Waals surface area contributed by atoms with Crippen LogP contribution in [-0.4, -0.2) is 29.2 Å². The fourth-order valence-corrected chi connectivity index (χ4v) is 0.533. The summed E-state index contributed by atoms with van der Waals surface area (Å²) in [7, 11) is 0. The summed E-state index contributed by atoms with van der Waals surface area (Å²) in [5.74, 6) is 0. The maximum absolute atomic E-state index is 9.79. The van der Waals surface area contributed by atoms with Gasteiger partial charge in [-0.25, -0.2) is 0 Å². The fourth-order valence-electron chi connectivity index (χ4n) is 0.533. The molecule has 2 N–H and O–H groups in total. The molecule has 0 aromatic carbocycles. The van der Waals surface area contributed by atoms with Crippen molar-refractivity contribution in [2.24, 2.45) is 0 Å². The minimum absolute atomic E-state index is 0.131. The number of aldehydes is 1. The number of hydrogen-bond donors (Lipinski definition) is 2. The molecule has 1 atom stereocenters. The van der Waals surface area contributed by atoms with Crippen molar-refractivity contribution in [1.82, 2.24) is 0 Å². The zero-order chi connectivity index (χ0) is 7.11. The molecular weight excluding hydrogens is 120 g/mol. The van der Waals surface area contributed by atoms with E-state index < -0.39 is 6.10 Å². The van der Waals surface area contributed by atoms with Crippen LogP contribution in [0, 0.1) is 0 Å². The van der Waals surface area contributed by atoms with Crippen LogP contribution in [0.2, 0.25) is 0 Å². The van der Waals surface area contributed by atoms with E-state index in [0.29, 0.717) is 25.5 Å². The van der Waals surface area contributed by atoms with E-state index in [1.807, 2.05) is 0 Å². The maximum atomic E-state index is 9.79. The molecule has 0 radical (unpaired) electrons. The van der Waals surface area contributed by atoms with Gasteiger partial charge in [-0.2, -0.15) is 0 Å². The Labute approximate surface area is 54.3 Å². The Morgan fingerprint density at radius 1 is 1.44 bits per heavy atom. The van der Waals surface area contributed by atoms with Crippen molar-refractivity contribution in [1.29, 1.82) is 0 Å². The van der Waals surface area contributed by atoms with E-state index in [2.05, 4.69) is 0 Å². The molecule has 0 saturated carbocycles. The molecule has 1 unspecified atom stereocenters. The Hall–Kier alpha value is -0.410. The molecule has 0 amide bonds. The number of unbranched alkanes of at least 4 members (excludes halogenated alkanes) is 1. The molecule has 0 aromatic rings. The second kappa shape index (κ2) is 5.72. The van der Waals surface area contributed by atoms with Gasteiger partial charge in [-0.1, -0.05) is 0 Å². The summed E-state index contributed by atoms with van der Waals surface area (Å²) in [4.78, 5) is 9.79. The van der Waals surface area contributed by atoms with Crippen molar-refractivity contribution in [3.8, 4) is 0 Å². The van der Waals surface area contributed by atoms with Crippen LogP contribution in [0.15, 0.2) is 0 Å². The number of rotatable bonds is 5. The topological polar surface area (TPSA) is 57.5 Å². The summed E-state index contributed by atoms with van der Waals surface area (Å²) in [5.41, 5.74) is 0. The highest BCUT2D eigenvalue weighted by atomic mass is 16.3. The van der Waals surface area contributed by atoms with Crippen molar-refractivity contribution in [3.05, 3.63) is 0 Å². The molecule has 9 heavy (non-hydrogen) atoms. The summed E-state index contributed by atoms with van der Waals surface area (Å²) in [6.45, 7) is 0.131. The van der Waals surface area contributed by atoms with Crippen molar-refractivity contribution in [2.75, 3.05) is 6.61 Å². The lowest BCUT2D eigenvalue weighted by molar-refractivity contribution is -0.115. The van der Waals surface area contributed by atoms with Crippen LogP contribution in [0.25, 0.3) is 0 Å². The number of carbonyl (C=O) groups excluding carboxylic acids is 1. The third kappa shape index (κ3) is 5.46. The molecule has 0 aromatic heterocycles. The van der Waals surface area contributed by atoms with Crippen LogP contribution >= 0.6 is 0 Å². The lowest BCUT2D eigenvalue weighted by Gasteiger charge is -1.98. The van der Waals surface area contributed by atoms with Gasteiger partial charge in [-0.3, -0.25) is 0 Å². The van der Waals surface area contributed by atoms with Gasteiger partial charge in [0.1, 0.15) is 12.4 Å². The van der Waals surface area contributed by atoms with Gasteiger partial charge in [0.2, 0.25) is 0 Å². The van der Waals surface area contributed by atoms with Gasteiger partial charge in [-0.15, -0.1) is 0 Å². The largest absolute Gasteiger partial charge is 0.396 e. The summed E-state index contributed by atoms with van der Waals surface area (Å²) < 4.78 is 0. The van der Waals surface area contributed by atoms with E-state index in [4.69, 9.17) is 10.2 Å². The van der Waals surface area contributed by atoms with E-state index in [9.17, 15) is 4.79 Å². The second-order valence-electron chi connectivity index (χ2n) is 1.92. The lowest BCUT2D eigenvalue weighted by atomic mass is 10.2. The standard InChI is InChI=1S/C6H12O3/c7-4-2-1-3-6(9)5-8/h5-7,9H,1-4H2. The number of aliphatic hydroxyl groups excluding tert-OH is 2. The van der Waals surface area contributed by atoms with Crippen LogP contribution in [0.4, 0.5) is 0 Å². The number of carbonyl (C=O) groups is 1. The van der Waals surface area contributed by atoms with Gasteiger partial charge in [-0.05, 0) is 19.3 Å². The van der Waals surface area contributed by atoms with Crippen molar-refractivity contribution < 1.29 is 15.0 Å². The smallest absolute Gasteiger partial charge is 0.148 e. The molecule has 0 bridgehead atoms. The molecule has 0 aliphatic heterocycles. The first-order chi connectivity index (χ1) is 4.31. The van der Waals surface area contributed by atoms with Crippen molar-refractivity contribution in [2.45, 2.75) is 25.4 Å². The van der Waals surface area contributed by atoms with Gasteiger partial charge in [0.25, 0.3) is 0 Å². The lowest BCUT2D eigenvalue weighted by Crippen LogP contribution is -2.07. The molecule has 3 heteroatoms. The summed E-state index contributed by atoms with van der Waals surface area (Å²) in [6, 6.07) is 0. The van der Waals surface area contributed by atoms with Gasteiger partial charge in [0.15, 0.2) is 0 Å². The average Bonchev–Trinajstić information content (AvgIpc) is 1.89. The quantitative estimate of drug-likeness (QED) is 0.399. The Morgan fingerprint density at radius 3 is 2.56 bits per heavy atom. The van der Waals surface area contributed by atoms with Gasteiger partial charge in [0.05, 0.1) is 0 Å². The Balaban J connectivity index is 2.96. The predicted molar refractivity (Wildman–Crippen MR) is 33.0 cm³/mol. The Morgan fingerprint density at radius 2 is 2.11 bits per heavy atom.